The number of pyridine rings is 1. The van der Waals surface area contributed by atoms with Crippen molar-refractivity contribution in [2.24, 2.45) is 0 Å². The molecule has 1 aromatic heterocycles. The molecule has 0 aliphatic heterocycles. The summed E-state index contributed by atoms with van der Waals surface area (Å²) in [5.74, 6) is 0.168. The van der Waals surface area contributed by atoms with E-state index in [9.17, 15) is 4.79 Å². The van der Waals surface area contributed by atoms with Crippen LogP contribution in [0.5, 0.6) is 0 Å². The van der Waals surface area contributed by atoms with Gasteiger partial charge in [0.15, 0.2) is 5.78 Å². The van der Waals surface area contributed by atoms with E-state index >= 15 is 0 Å². The number of aromatic nitrogens is 1. The number of hydrogen-bond donors (Lipinski definition) is 0. The van der Waals surface area contributed by atoms with Gasteiger partial charge in [0.25, 0.3) is 0 Å². The lowest BCUT2D eigenvalue weighted by atomic mass is 9.87. The highest BCUT2D eigenvalue weighted by Crippen LogP contribution is 2.24. The fourth-order valence-corrected chi connectivity index (χ4v) is 2.36. The number of carbonyl (C=O) groups excluding carboxylic acids is 1. The molecule has 1 aromatic rings. The first-order valence-electron chi connectivity index (χ1n) is 6.72. The summed E-state index contributed by atoms with van der Waals surface area (Å²) < 4.78 is 0. The van der Waals surface area contributed by atoms with Crippen LogP contribution in [0.1, 0.15) is 50.2 Å². The molecule has 0 saturated heterocycles. The molecule has 0 aliphatic rings. The molecular weight excluding hydrogens is 224 g/mol. The van der Waals surface area contributed by atoms with Crippen LogP contribution in [0.15, 0.2) is 18.3 Å². The normalized spacial score (nSPS) is 14.6. The first-order valence-corrected chi connectivity index (χ1v) is 6.72. The quantitative estimate of drug-likeness (QED) is 0.725. The maximum Gasteiger partial charge on any atom is 0.184 e. The molecule has 0 bridgehead atoms. The first-order chi connectivity index (χ1) is 8.49. The molecule has 0 spiro atoms. The molecule has 1 heterocycles. The zero-order chi connectivity index (χ0) is 13.8. The van der Waals surface area contributed by atoms with Gasteiger partial charge in [-0.05, 0) is 45.5 Å². The van der Waals surface area contributed by atoms with E-state index < -0.39 is 5.54 Å². The highest BCUT2D eigenvalue weighted by atomic mass is 16.1. The van der Waals surface area contributed by atoms with Crippen LogP contribution in [0.2, 0.25) is 0 Å². The molecule has 0 fully saturated rings. The number of likely N-dealkylation sites (N-methyl/N-ethyl adjacent to an activating group) is 1. The van der Waals surface area contributed by atoms with Crippen LogP contribution >= 0.6 is 0 Å². The molecule has 0 amide bonds. The number of aryl methyl sites for hydroxylation is 1. The Bertz CT molecular complexity index is 395. The smallest absolute Gasteiger partial charge is 0.184 e. The molecule has 0 saturated carbocycles. The van der Waals surface area contributed by atoms with Crippen molar-refractivity contribution in [1.29, 1.82) is 0 Å². The highest BCUT2D eigenvalue weighted by molar-refractivity contribution is 6.02. The predicted molar refractivity (Wildman–Crippen MR) is 74.9 cm³/mol. The maximum absolute atomic E-state index is 12.7. The molecule has 1 atom stereocenters. The second kappa shape index (κ2) is 6.10. The maximum atomic E-state index is 12.7. The van der Waals surface area contributed by atoms with Crippen molar-refractivity contribution in [3.05, 3.63) is 29.6 Å². The molecule has 0 N–H and O–H groups in total. The van der Waals surface area contributed by atoms with E-state index in [0.29, 0.717) is 5.56 Å². The van der Waals surface area contributed by atoms with Crippen molar-refractivity contribution in [3.8, 4) is 0 Å². The van der Waals surface area contributed by atoms with Gasteiger partial charge in [-0.1, -0.05) is 20.8 Å². The number of rotatable bonds is 6. The van der Waals surface area contributed by atoms with Crippen LogP contribution in [0.4, 0.5) is 0 Å². The van der Waals surface area contributed by atoms with Crippen molar-refractivity contribution in [1.82, 2.24) is 9.88 Å². The van der Waals surface area contributed by atoms with E-state index in [1.165, 1.54) is 0 Å². The fraction of sp³-hybridized carbons (Fsp3) is 0.600. The minimum absolute atomic E-state index is 0.168. The lowest BCUT2D eigenvalue weighted by Crippen LogP contribution is -2.51. The zero-order valence-electron chi connectivity index (χ0n) is 12.2. The van der Waals surface area contributed by atoms with Crippen LogP contribution in [0.3, 0.4) is 0 Å². The van der Waals surface area contributed by atoms with E-state index in [-0.39, 0.29) is 5.78 Å². The van der Waals surface area contributed by atoms with Gasteiger partial charge in [0.2, 0.25) is 0 Å². The lowest BCUT2D eigenvalue weighted by Gasteiger charge is -2.38. The number of hydrogen-bond acceptors (Lipinski definition) is 3. The van der Waals surface area contributed by atoms with Crippen molar-refractivity contribution in [3.63, 3.8) is 0 Å². The predicted octanol–water partition coefficient (Wildman–Crippen LogP) is 3.08. The Labute approximate surface area is 110 Å². The van der Waals surface area contributed by atoms with E-state index in [2.05, 4.69) is 30.7 Å². The van der Waals surface area contributed by atoms with Crippen molar-refractivity contribution in [2.75, 3.05) is 13.1 Å². The monoisotopic (exact) mass is 248 g/mol. The molecule has 0 radical (unpaired) electrons. The largest absolute Gasteiger partial charge is 0.292 e. The fourth-order valence-electron chi connectivity index (χ4n) is 2.36. The van der Waals surface area contributed by atoms with E-state index in [1.54, 1.807) is 6.20 Å². The second-order valence-electron chi connectivity index (χ2n) is 4.82. The first kappa shape index (κ1) is 14.8. The summed E-state index contributed by atoms with van der Waals surface area (Å²) in [6, 6.07) is 3.77. The van der Waals surface area contributed by atoms with E-state index in [4.69, 9.17) is 0 Å². The average Bonchev–Trinajstić information content (AvgIpc) is 2.39. The van der Waals surface area contributed by atoms with Crippen LogP contribution in [-0.4, -0.2) is 34.3 Å². The molecule has 0 aliphatic carbocycles. The molecule has 18 heavy (non-hydrogen) atoms. The number of nitrogens with zero attached hydrogens (tertiary/aromatic N) is 2. The van der Waals surface area contributed by atoms with Crippen molar-refractivity contribution < 1.29 is 4.79 Å². The van der Waals surface area contributed by atoms with E-state index in [1.807, 2.05) is 26.0 Å². The third-order valence-corrected chi connectivity index (χ3v) is 3.81. The Hall–Kier alpha value is -1.22. The minimum atomic E-state index is -0.430. The second-order valence-corrected chi connectivity index (χ2v) is 4.82. The SMILES string of the molecule is CCN(CC)C(C)(CC)C(=O)c1ccc(C)nc1. The summed E-state index contributed by atoms with van der Waals surface area (Å²) in [6.45, 7) is 12.0. The molecule has 0 aromatic carbocycles. The van der Waals surface area contributed by atoms with Crippen LogP contribution in [0.25, 0.3) is 0 Å². The third-order valence-electron chi connectivity index (χ3n) is 3.81. The van der Waals surface area contributed by atoms with Gasteiger partial charge in [-0.25, -0.2) is 0 Å². The van der Waals surface area contributed by atoms with Crippen LogP contribution in [-0.2, 0) is 0 Å². The average molecular weight is 248 g/mol. The standard InChI is InChI=1S/C15H24N2O/c1-6-15(5,17(7-2)8-3)14(18)13-10-9-12(4)16-11-13/h9-11H,6-8H2,1-5H3. The highest BCUT2D eigenvalue weighted by Gasteiger charge is 2.36. The summed E-state index contributed by atoms with van der Waals surface area (Å²) in [5, 5.41) is 0. The molecule has 100 valence electrons. The summed E-state index contributed by atoms with van der Waals surface area (Å²) in [7, 11) is 0. The van der Waals surface area contributed by atoms with Gasteiger partial charge < -0.3 is 0 Å². The number of ketones is 1. The molecule has 3 nitrogen and oxygen atoms in total. The molecule has 1 unspecified atom stereocenters. The Kier molecular flexibility index (Phi) is 5.03. The van der Waals surface area contributed by atoms with Gasteiger partial charge in [0.05, 0.1) is 5.54 Å². The van der Waals surface area contributed by atoms with E-state index in [0.717, 1.165) is 25.2 Å². The third kappa shape index (κ3) is 2.78. The van der Waals surface area contributed by atoms with Crippen molar-refractivity contribution in [2.45, 2.75) is 46.6 Å². The summed E-state index contributed by atoms with van der Waals surface area (Å²) in [4.78, 5) is 19.1. The molecule has 3 heteroatoms. The molecular formula is C15H24N2O. The zero-order valence-corrected chi connectivity index (χ0v) is 12.2. The number of Topliss-reactive ketones (excluding diaryl/α,β-unsaturated/α-hetero) is 1. The topological polar surface area (TPSA) is 33.2 Å². The minimum Gasteiger partial charge on any atom is -0.292 e. The summed E-state index contributed by atoms with van der Waals surface area (Å²) in [6.07, 6.45) is 2.50. The van der Waals surface area contributed by atoms with Crippen molar-refractivity contribution >= 4 is 5.78 Å². The summed E-state index contributed by atoms with van der Waals surface area (Å²) >= 11 is 0. The Balaban J connectivity index is 3.08. The van der Waals surface area contributed by atoms with Crippen LogP contribution < -0.4 is 0 Å². The summed E-state index contributed by atoms with van der Waals surface area (Å²) in [5.41, 5.74) is 1.21. The Morgan fingerprint density at radius 3 is 2.28 bits per heavy atom. The van der Waals surface area contributed by atoms with Gasteiger partial charge in [-0.3, -0.25) is 14.7 Å². The van der Waals surface area contributed by atoms with Gasteiger partial charge >= 0.3 is 0 Å². The Morgan fingerprint density at radius 2 is 1.89 bits per heavy atom. The lowest BCUT2D eigenvalue weighted by molar-refractivity contribution is 0.0607. The van der Waals surface area contributed by atoms with Gasteiger partial charge in [-0.15, -0.1) is 0 Å². The van der Waals surface area contributed by atoms with Gasteiger partial charge in [-0.2, -0.15) is 0 Å². The van der Waals surface area contributed by atoms with Crippen LogP contribution in [0, 0.1) is 6.92 Å². The van der Waals surface area contributed by atoms with Gasteiger partial charge in [0, 0.05) is 17.5 Å². The number of carbonyl (C=O) groups is 1. The molecule has 1 rings (SSSR count). The van der Waals surface area contributed by atoms with Gasteiger partial charge in [0.1, 0.15) is 0 Å². The Morgan fingerprint density at radius 1 is 1.28 bits per heavy atom.